The van der Waals surface area contributed by atoms with Gasteiger partial charge in [-0.25, -0.2) is 14.5 Å². The lowest BCUT2D eigenvalue weighted by Crippen LogP contribution is -2.28. The van der Waals surface area contributed by atoms with Crippen LogP contribution in [-0.2, 0) is 6.54 Å². The quantitative estimate of drug-likeness (QED) is 0.772. The summed E-state index contributed by atoms with van der Waals surface area (Å²) in [5, 5.41) is 10.2. The average molecular weight is 328 g/mol. The van der Waals surface area contributed by atoms with E-state index in [1.807, 2.05) is 24.3 Å². The number of carbonyl (C=O) groups is 1. The number of aromatic nitrogens is 3. The number of nitrogens with one attached hydrogen (secondary N) is 2. The standard InChI is InChI=1S/C16H14ClN5O/c17-13-3-5-14(6-4-13)21-16(23)19-9-12-1-7-15(8-2-12)22-11-18-10-20-22/h1-8,10-11H,9H2,(H2,19,21,23). The minimum Gasteiger partial charge on any atom is -0.334 e. The van der Waals surface area contributed by atoms with Crippen LogP contribution in [0, 0.1) is 0 Å². The Kier molecular flexibility index (Phi) is 4.54. The van der Waals surface area contributed by atoms with Gasteiger partial charge in [-0.15, -0.1) is 0 Å². The minimum atomic E-state index is -0.271. The van der Waals surface area contributed by atoms with Crippen LogP contribution >= 0.6 is 11.6 Å². The number of benzene rings is 2. The number of halogens is 1. The summed E-state index contributed by atoms with van der Waals surface area (Å²) >= 11 is 5.80. The van der Waals surface area contributed by atoms with E-state index in [2.05, 4.69) is 20.7 Å². The maximum Gasteiger partial charge on any atom is 0.319 e. The first kappa shape index (κ1) is 15.1. The molecule has 0 unspecified atom stereocenters. The Labute approximate surface area is 138 Å². The molecule has 1 heterocycles. The number of urea groups is 1. The first-order valence-corrected chi connectivity index (χ1v) is 7.33. The van der Waals surface area contributed by atoms with Crippen molar-refractivity contribution in [3.63, 3.8) is 0 Å². The van der Waals surface area contributed by atoms with Crippen LogP contribution in [0.4, 0.5) is 10.5 Å². The Hall–Kier alpha value is -2.86. The number of amides is 2. The summed E-state index contributed by atoms with van der Waals surface area (Å²) in [4.78, 5) is 15.8. The van der Waals surface area contributed by atoms with Crippen LogP contribution < -0.4 is 10.6 Å². The second kappa shape index (κ2) is 6.93. The molecule has 23 heavy (non-hydrogen) atoms. The van der Waals surface area contributed by atoms with Crippen LogP contribution in [0.25, 0.3) is 5.69 Å². The molecule has 0 saturated heterocycles. The maximum absolute atomic E-state index is 11.8. The van der Waals surface area contributed by atoms with Gasteiger partial charge >= 0.3 is 6.03 Å². The van der Waals surface area contributed by atoms with Crippen molar-refractivity contribution in [1.29, 1.82) is 0 Å². The van der Waals surface area contributed by atoms with Crippen molar-refractivity contribution in [3.05, 3.63) is 71.8 Å². The normalized spacial score (nSPS) is 10.3. The van der Waals surface area contributed by atoms with Crippen LogP contribution in [0.1, 0.15) is 5.56 Å². The third-order valence-electron chi connectivity index (χ3n) is 3.17. The molecule has 3 rings (SSSR count). The zero-order valence-corrected chi connectivity index (χ0v) is 12.9. The first-order chi connectivity index (χ1) is 11.2. The monoisotopic (exact) mass is 327 g/mol. The predicted octanol–water partition coefficient (Wildman–Crippen LogP) is 3.24. The van der Waals surface area contributed by atoms with Gasteiger partial charge in [0.2, 0.25) is 0 Å². The summed E-state index contributed by atoms with van der Waals surface area (Å²) in [6, 6.07) is 14.4. The molecule has 116 valence electrons. The summed E-state index contributed by atoms with van der Waals surface area (Å²) in [5.41, 5.74) is 2.59. The first-order valence-electron chi connectivity index (χ1n) is 6.95. The molecule has 2 aromatic carbocycles. The summed E-state index contributed by atoms with van der Waals surface area (Å²) in [6.45, 7) is 0.428. The van der Waals surface area contributed by atoms with Gasteiger partial charge in [0, 0.05) is 17.3 Å². The number of hydrogen-bond acceptors (Lipinski definition) is 3. The summed E-state index contributed by atoms with van der Waals surface area (Å²) in [5.74, 6) is 0. The van der Waals surface area contributed by atoms with Crippen LogP contribution in [-0.4, -0.2) is 20.8 Å². The Morgan fingerprint density at radius 1 is 1.09 bits per heavy atom. The maximum atomic E-state index is 11.8. The van der Waals surface area contributed by atoms with Crippen molar-refractivity contribution in [2.75, 3.05) is 5.32 Å². The molecule has 0 spiro atoms. The van der Waals surface area contributed by atoms with Crippen molar-refractivity contribution in [1.82, 2.24) is 20.1 Å². The molecule has 0 fully saturated rings. The van der Waals surface area contributed by atoms with Crippen LogP contribution in [0.15, 0.2) is 61.2 Å². The second-order valence-electron chi connectivity index (χ2n) is 4.82. The molecule has 2 amide bonds. The van der Waals surface area contributed by atoms with E-state index >= 15 is 0 Å². The molecule has 7 heteroatoms. The fourth-order valence-electron chi connectivity index (χ4n) is 2.00. The van der Waals surface area contributed by atoms with Crippen LogP contribution in [0.2, 0.25) is 5.02 Å². The number of anilines is 1. The van der Waals surface area contributed by atoms with E-state index in [1.165, 1.54) is 6.33 Å². The number of hydrogen-bond donors (Lipinski definition) is 2. The molecule has 0 aliphatic carbocycles. The molecule has 0 radical (unpaired) electrons. The molecule has 0 bridgehead atoms. The van der Waals surface area contributed by atoms with E-state index in [0.717, 1.165) is 11.3 Å². The van der Waals surface area contributed by atoms with Gasteiger partial charge in [0.05, 0.1) is 5.69 Å². The van der Waals surface area contributed by atoms with Gasteiger partial charge in [0.15, 0.2) is 0 Å². The van der Waals surface area contributed by atoms with E-state index < -0.39 is 0 Å². The highest BCUT2D eigenvalue weighted by Gasteiger charge is 2.02. The topological polar surface area (TPSA) is 71.8 Å². The van der Waals surface area contributed by atoms with E-state index in [4.69, 9.17) is 11.6 Å². The molecular weight excluding hydrogens is 314 g/mol. The van der Waals surface area contributed by atoms with Crippen molar-refractivity contribution in [3.8, 4) is 5.69 Å². The molecule has 2 N–H and O–H groups in total. The van der Waals surface area contributed by atoms with E-state index in [-0.39, 0.29) is 6.03 Å². The third-order valence-corrected chi connectivity index (χ3v) is 3.43. The summed E-state index contributed by atoms with van der Waals surface area (Å²) in [6.07, 6.45) is 3.11. The van der Waals surface area contributed by atoms with Gasteiger partial charge in [-0.1, -0.05) is 23.7 Å². The van der Waals surface area contributed by atoms with Crippen molar-refractivity contribution >= 4 is 23.3 Å². The van der Waals surface area contributed by atoms with Crippen molar-refractivity contribution in [2.45, 2.75) is 6.54 Å². The second-order valence-corrected chi connectivity index (χ2v) is 5.26. The van der Waals surface area contributed by atoms with E-state index in [0.29, 0.717) is 17.3 Å². The number of carbonyl (C=O) groups excluding carboxylic acids is 1. The van der Waals surface area contributed by atoms with Crippen molar-refractivity contribution < 1.29 is 4.79 Å². The number of nitrogens with zero attached hydrogens (tertiary/aromatic N) is 3. The molecule has 1 aromatic heterocycles. The van der Waals surface area contributed by atoms with E-state index in [9.17, 15) is 4.79 Å². The van der Waals surface area contributed by atoms with Gasteiger partial charge < -0.3 is 10.6 Å². The summed E-state index contributed by atoms with van der Waals surface area (Å²) in [7, 11) is 0. The smallest absolute Gasteiger partial charge is 0.319 e. The average Bonchev–Trinajstić information content (AvgIpc) is 3.10. The number of rotatable bonds is 4. The Balaban J connectivity index is 1.53. The molecule has 0 aliphatic rings. The van der Waals surface area contributed by atoms with Crippen LogP contribution in [0.3, 0.4) is 0 Å². The van der Waals surface area contributed by atoms with E-state index in [1.54, 1.807) is 35.3 Å². The SMILES string of the molecule is O=C(NCc1ccc(-n2cncn2)cc1)Nc1ccc(Cl)cc1. The molecule has 3 aromatic rings. The third kappa shape index (κ3) is 4.08. The Bertz CT molecular complexity index is 769. The highest BCUT2D eigenvalue weighted by Crippen LogP contribution is 2.13. The van der Waals surface area contributed by atoms with Gasteiger partial charge in [-0.05, 0) is 42.0 Å². The zero-order valence-electron chi connectivity index (χ0n) is 12.1. The lowest BCUT2D eigenvalue weighted by Gasteiger charge is -2.08. The largest absolute Gasteiger partial charge is 0.334 e. The molecule has 6 nitrogen and oxygen atoms in total. The Morgan fingerprint density at radius 3 is 2.48 bits per heavy atom. The van der Waals surface area contributed by atoms with Gasteiger partial charge in [0.25, 0.3) is 0 Å². The lowest BCUT2D eigenvalue weighted by atomic mass is 10.2. The molecule has 0 saturated carbocycles. The highest BCUT2D eigenvalue weighted by molar-refractivity contribution is 6.30. The van der Waals surface area contributed by atoms with Gasteiger partial charge in [-0.2, -0.15) is 5.10 Å². The zero-order chi connectivity index (χ0) is 16.1. The fraction of sp³-hybridized carbons (Fsp3) is 0.0625. The summed E-state index contributed by atoms with van der Waals surface area (Å²) < 4.78 is 1.67. The van der Waals surface area contributed by atoms with Crippen molar-refractivity contribution in [2.24, 2.45) is 0 Å². The Morgan fingerprint density at radius 2 is 1.83 bits per heavy atom. The predicted molar refractivity (Wildman–Crippen MR) is 88.7 cm³/mol. The molecule has 0 atom stereocenters. The lowest BCUT2D eigenvalue weighted by molar-refractivity contribution is 0.251. The highest BCUT2D eigenvalue weighted by atomic mass is 35.5. The molecule has 0 aliphatic heterocycles. The van der Waals surface area contributed by atoms with Gasteiger partial charge in [-0.3, -0.25) is 0 Å². The van der Waals surface area contributed by atoms with Crippen LogP contribution in [0.5, 0.6) is 0 Å². The fourth-order valence-corrected chi connectivity index (χ4v) is 2.12. The molecular formula is C16H14ClN5O. The minimum absolute atomic E-state index is 0.271. The van der Waals surface area contributed by atoms with Gasteiger partial charge in [0.1, 0.15) is 12.7 Å².